The van der Waals surface area contributed by atoms with Crippen LogP contribution in [0.2, 0.25) is 0 Å². The monoisotopic (exact) mass is 266 g/mol. The quantitative estimate of drug-likeness (QED) is 0.310. The van der Waals surface area contributed by atoms with Gasteiger partial charge in [-0.1, -0.05) is 44.9 Å². The van der Waals surface area contributed by atoms with Gasteiger partial charge in [0, 0.05) is 6.42 Å². The van der Waals surface area contributed by atoms with Gasteiger partial charge in [-0.15, -0.1) is 4.44 Å². The topological polar surface area (TPSA) is 55.8 Å². The van der Waals surface area contributed by atoms with Crippen molar-refractivity contribution in [3.05, 3.63) is 0 Å². The molecule has 0 heterocycles. The Morgan fingerprint density at radius 3 is 1.82 bits per heavy atom. The summed E-state index contributed by atoms with van der Waals surface area (Å²) in [6.45, 7) is 0.554. The van der Waals surface area contributed by atoms with Crippen molar-refractivity contribution in [2.45, 2.75) is 64.2 Å². The molecule has 0 aromatic carbocycles. The Bertz CT molecular complexity index is 176. The van der Waals surface area contributed by atoms with Crippen LogP contribution in [0.1, 0.15) is 64.2 Å². The summed E-state index contributed by atoms with van der Waals surface area (Å²) in [5, 5.41) is 8.45. The van der Waals surface area contributed by atoms with Gasteiger partial charge in [-0.2, -0.15) is 0 Å². The molecular formula is C12H23ClO4. The van der Waals surface area contributed by atoms with Gasteiger partial charge in [0.1, 0.15) is 0 Å². The van der Waals surface area contributed by atoms with Gasteiger partial charge in [-0.3, -0.25) is 4.79 Å². The summed E-state index contributed by atoms with van der Waals surface area (Å²) in [5.74, 6) is -0.687. The number of carboxylic acid groups (broad SMARTS) is 1. The molecule has 0 aliphatic heterocycles. The number of unbranched alkanes of at least 4 members (excludes halogenated alkanes) is 8. The number of hydrogen-bond donors (Lipinski definition) is 1. The van der Waals surface area contributed by atoms with Crippen LogP contribution in [0.4, 0.5) is 0 Å². The number of aliphatic carboxylic acids is 1. The van der Waals surface area contributed by atoms with Crippen LogP contribution in [0.5, 0.6) is 0 Å². The van der Waals surface area contributed by atoms with Crippen LogP contribution in [0.3, 0.4) is 0 Å². The average Bonchev–Trinajstić information content (AvgIpc) is 2.30. The van der Waals surface area contributed by atoms with Gasteiger partial charge in [-0.05, 0) is 12.8 Å². The Kier molecular flexibility index (Phi) is 13.5. The van der Waals surface area contributed by atoms with Crippen molar-refractivity contribution < 1.29 is 19.2 Å². The Hall–Kier alpha value is -0.320. The van der Waals surface area contributed by atoms with Crippen molar-refractivity contribution >= 4 is 17.8 Å². The predicted octanol–water partition coefficient (Wildman–Crippen LogP) is 4.07. The molecule has 0 saturated heterocycles. The van der Waals surface area contributed by atoms with Crippen molar-refractivity contribution in [1.29, 1.82) is 0 Å². The lowest BCUT2D eigenvalue weighted by molar-refractivity contribution is -0.203. The number of halogens is 1. The highest BCUT2D eigenvalue weighted by atomic mass is 35.5. The van der Waals surface area contributed by atoms with E-state index in [2.05, 4.69) is 9.33 Å². The van der Waals surface area contributed by atoms with E-state index < -0.39 is 5.97 Å². The molecule has 4 nitrogen and oxygen atoms in total. The molecule has 17 heavy (non-hydrogen) atoms. The lowest BCUT2D eigenvalue weighted by Crippen LogP contribution is -1.93. The second-order valence-electron chi connectivity index (χ2n) is 4.21. The number of hydrogen-bond acceptors (Lipinski definition) is 3. The van der Waals surface area contributed by atoms with Crippen LogP contribution >= 0.6 is 11.9 Å². The van der Waals surface area contributed by atoms with E-state index in [9.17, 15) is 4.79 Å². The van der Waals surface area contributed by atoms with Crippen LogP contribution in [-0.2, 0) is 14.1 Å². The minimum Gasteiger partial charge on any atom is -0.481 e. The number of rotatable bonds is 13. The maximum absolute atomic E-state index is 10.3. The Morgan fingerprint density at radius 2 is 1.35 bits per heavy atom. The summed E-state index contributed by atoms with van der Waals surface area (Å²) in [5.41, 5.74) is 0. The third-order valence-electron chi connectivity index (χ3n) is 2.66. The van der Waals surface area contributed by atoms with Crippen LogP contribution in [0, 0.1) is 0 Å². The Labute approximate surface area is 108 Å². The fourth-order valence-corrected chi connectivity index (χ4v) is 1.77. The third kappa shape index (κ3) is 15.7. The SMILES string of the molecule is O=C(O)CCCCCCCCCCCOOCl. The first-order valence-electron chi connectivity index (χ1n) is 6.39. The van der Waals surface area contributed by atoms with E-state index in [-0.39, 0.29) is 0 Å². The first-order chi connectivity index (χ1) is 8.27. The fourth-order valence-electron chi connectivity index (χ4n) is 1.71. The van der Waals surface area contributed by atoms with Crippen molar-refractivity contribution in [3.63, 3.8) is 0 Å². The van der Waals surface area contributed by atoms with E-state index in [1.165, 1.54) is 25.7 Å². The van der Waals surface area contributed by atoms with E-state index in [0.29, 0.717) is 13.0 Å². The molecular weight excluding hydrogens is 244 g/mol. The average molecular weight is 267 g/mol. The molecule has 1 N–H and O–H groups in total. The molecule has 0 aromatic heterocycles. The van der Waals surface area contributed by atoms with E-state index in [1.54, 1.807) is 0 Å². The highest BCUT2D eigenvalue weighted by molar-refractivity contribution is 6.06. The lowest BCUT2D eigenvalue weighted by atomic mass is 10.1. The standard InChI is InChI=1S/C12H23ClO4/c13-17-16-11-9-7-5-3-1-2-4-6-8-10-12(14)15/h1-11H2,(H,14,15). The molecule has 0 fully saturated rings. The number of carboxylic acids is 1. The predicted molar refractivity (Wildman–Crippen MR) is 66.7 cm³/mol. The molecule has 0 saturated carbocycles. The van der Waals surface area contributed by atoms with Crippen LogP contribution < -0.4 is 0 Å². The summed E-state index contributed by atoms with van der Waals surface area (Å²) in [6.07, 6.45) is 10.3. The molecule has 0 bridgehead atoms. The summed E-state index contributed by atoms with van der Waals surface area (Å²) in [4.78, 5) is 14.8. The summed E-state index contributed by atoms with van der Waals surface area (Å²) >= 11 is 4.89. The molecule has 0 aromatic rings. The van der Waals surface area contributed by atoms with Gasteiger partial charge in [0.25, 0.3) is 0 Å². The van der Waals surface area contributed by atoms with Crippen LogP contribution in [-0.4, -0.2) is 17.7 Å². The molecule has 5 heteroatoms. The van der Waals surface area contributed by atoms with E-state index in [1.807, 2.05) is 0 Å². The van der Waals surface area contributed by atoms with Gasteiger partial charge >= 0.3 is 5.97 Å². The fraction of sp³-hybridized carbons (Fsp3) is 0.917. The van der Waals surface area contributed by atoms with E-state index >= 15 is 0 Å². The second-order valence-corrected chi connectivity index (χ2v) is 4.34. The highest BCUT2D eigenvalue weighted by Crippen LogP contribution is 2.10. The molecule has 0 aliphatic rings. The molecule has 0 unspecified atom stereocenters. The van der Waals surface area contributed by atoms with Crippen molar-refractivity contribution in [2.24, 2.45) is 0 Å². The molecule has 0 rings (SSSR count). The zero-order valence-electron chi connectivity index (χ0n) is 10.3. The minimum atomic E-state index is -0.687. The molecule has 0 spiro atoms. The lowest BCUT2D eigenvalue weighted by Gasteiger charge is -2.01. The second kappa shape index (κ2) is 13.7. The van der Waals surface area contributed by atoms with Gasteiger partial charge in [0.2, 0.25) is 0 Å². The van der Waals surface area contributed by atoms with Gasteiger partial charge in [0.05, 0.1) is 18.5 Å². The number of carbonyl (C=O) groups is 1. The maximum atomic E-state index is 10.3. The Morgan fingerprint density at radius 1 is 0.882 bits per heavy atom. The van der Waals surface area contributed by atoms with Crippen LogP contribution in [0.25, 0.3) is 0 Å². The zero-order valence-corrected chi connectivity index (χ0v) is 11.1. The van der Waals surface area contributed by atoms with E-state index in [4.69, 9.17) is 17.0 Å². The summed E-state index contributed by atoms with van der Waals surface area (Å²) in [7, 11) is 0. The maximum Gasteiger partial charge on any atom is 0.303 e. The molecule has 0 radical (unpaired) electrons. The summed E-state index contributed by atoms with van der Waals surface area (Å²) < 4.78 is 3.97. The third-order valence-corrected chi connectivity index (χ3v) is 2.75. The molecule has 0 amide bonds. The minimum absolute atomic E-state index is 0.308. The van der Waals surface area contributed by atoms with Crippen molar-refractivity contribution in [2.75, 3.05) is 6.61 Å². The van der Waals surface area contributed by atoms with Crippen molar-refractivity contribution in [3.8, 4) is 0 Å². The first-order valence-corrected chi connectivity index (χ1v) is 6.70. The van der Waals surface area contributed by atoms with Gasteiger partial charge in [-0.25, -0.2) is 4.89 Å². The Balaban J connectivity index is 2.91. The molecule has 0 atom stereocenters. The van der Waals surface area contributed by atoms with Crippen LogP contribution in [0.15, 0.2) is 0 Å². The van der Waals surface area contributed by atoms with Gasteiger partial charge in [0.15, 0.2) is 0 Å². The largest absolute Gasteiger partial charge is 0.481 e. The highest BCUT2D eigenvalue weighted by Gasteiger charge is 1.96. The van der Waals surface area contributed by atoms with E-state index in [0.717, 1.165) is 32.1 Å². The first kappa shape index (κ1) is 16.7. The smallest absolute Gasteiger partial charge is 0.303 e. The molecule has 0 aliphatic carbocycles. The van der Waals surface area contributed by atoms with Crippen molar-refractivity contribution in [1.82, 2.24) is 0 Å². The molecule has 102 valence electrons. The summed E-state index contributed by atoms with van der Waals surface area (Å²) in [6, 6.07) is 0. The normalized spacial score (nSPS) is 10.6. The zero-order chi connectivity index (χ0) is 12.8. The van der Waals surface area contributed by atoms with Gasteiger partial charge < -0.3 is 5.11 Å².